The zero-order valence-electron chi connectivity index (χ0n) is 16.3. The van der Waals surface area contributed by atoms with Crippen LogP contribution in [-0.4, -0.2) is 6.17 Å². The predicted octanol–water partition coefficient (Wildman–Crippen LogP) is 7.11. The molecule has 0 amide bonds. The van der Waals surface area contributed by atoms with Gasteiger partial charge in [0.05, 0.1) is 0 Å². The van der Waals surface area contributed by atoms with Crippen LogP contribution in [0.25, 0.3) is 23.3 Å². The number of hydrogen-bond donors (Lipinski definition) is 0. The van der Waals surface area contributed by atoms with Crippen LogP contribution in [0.5, 0.6) is 0 Å². The molecule has 28 heavy (non-hydrogen) atoms. The van der Waals surface area contributed by atoms with Crippen LogP contribution in [0.1, 0.15) is 48.9 Å². The number of hydrogen-bond acceptors (Lipinski definition) is 0. The highest BCUT2D eigenvalue weighted by Gasteiger charge is 2.55. The molecule has 0 N–H and O–H groups in total. The molecule has 1 heteroatoms. The van der Waals surface area contributed by atoms with Gasteiger partial charge in [-0.3, -0.25) is 0 Å². The van der Waals surface area contributed by atoms with Crippen molar-refractivity contribution in [2.75, 3.05) is 0 Å². The third-order valence-corrected chi connectivity index (χ3v) is 7.59. The Morgan fingerprint density at radius 2 is 1.14 bits per heavy atom. The molecular weight excluding hydrogens is 343 g/mol. The highest BCUT2D eigenvalue weighted by Crippen LogP contribution is 2.68. The van der Waals surface area contributed by atoms with Crippen molar-refractivity contribution in [1.82, 2.24) is 0 Å². The quantitative estimate of drug-likeness (QED) is 0.466. The van der Waals surface area contributed by atoms with Gasteiger partial charge in [-0.1, -0.05) is 86.7 Å². The van der Waals surface area contributed by atoms with Gasteiger partial charge in [0, 0.05) is 23.7 Å². The van der Waals surface area contributed by atoms with Crippen molar-refractivity contribution in [1.29, 1.82) is 0 Å². The molecule has 1 saturated carbocycles. The van der Waals surface area contributed by atoms with Gasteiger partial charge in [-0.15, -0.1) is 0 Å². The first-order valence-electron chi connectivity index (χ1n) is 10.2. The average molecular weight is 366 g/mol. The monoisotopic (exact) mass is 366 g/mol. The van der Waals surface area contributed by atoms with Crippen molar-refractivity contribution in [3.8, 4) is 0 Å². The van der Waals surface area contributed by atoms with Gasteiger partial charge in [-0.05, 0) is 44.5 Å². The van der Waals surface area contributed by atoms with E-state index in [9.17, 15) is 4.39 Å². The Morgan fingerprint density at radius 3 is 1.61 bits per heavy atom. The molecule has 2 unspecified atom stereocenters. The molecule has 6 rings (SSSR count). The van der Waals surface area contributed by atoms with E-state index in [1.54, 1.807) is 0 Å². The summed E-state index contributed by atoms with van der Waals surface area (Å²) >= 11 is 0. The first kappa shape index (κ1) is 16.3. The van der Waals surface area contributed by atoms with Crippen LogP contribution in [0.3, 0.4) is 0 Å². The first-order valence-corrected chi connectivity index (χ1v) is 10.2. The first-order chi connectivity index (χ1) is 13.5. The van der Waals surface area contributed by atoms with Crippen molar-refractivity contribution < 1.29 is 4.39 Å². The minimum absolute atomic E-state index is 0.191. The topological polar surface area (TPSA) is 0 Å². The second-order valence-corrected chi connectivity index (χ2v) is 8.96. The molecule has 1 fully saturated rings. The largest absolute Gasteiger partial charge is 0.247 e. The molecule has 4 aliphatic rings. The molecule has 2 aromatic carbocycles. The summed E-state index contributed by atoms with van der Waals surface area (Å²) < 4.78 is 14.8. The summed E-state index contributed by atoms with van der Waals surface area (Å²) in [6, 6.07) is 17.2. The summed E-state index contributed by atoms with van der Waals surface area (Å²) in [5, 5.41) is 0. The summed E-state index contributed by atoms with van der Waals surface area (Å²) in [5.41, 5.74) is 9.87. The zero-order valence-corrected chi connectivity index (χ0v) is 16.3. The SMILES string of the molecule is CC12C=Cc3ccccc3C1=C1CC(F)CC1=C1c3ccccc3C=CC12C. The fourth-order valence-electron chi connectivity index (χ4n) is 6.06. The number of halogens is 1. The predicted molar refractivity (Wildman–Crippen MR) is 115 cm³/mol. The fraction of sp³-hybridized carbons (Fsp3) is 0.259. The van der Waals surface area contributed by atoms with E-state index in [4.69, 9.17) is 0 Å². The lowest BCUT2D eigenvalue weighted by atomic mass is 9.49. The van der Waals surface area contributed by atoms with E-state index in [1.165, 1.54) is 44.5 Å². The second-order valence-electron chi connectivity index (χ2n) is 8.96. The molecule has 0 nitrogen and oxygen atoms in total. The van der Waals surface area contributed by atoms with Crippen LogP contribution in [-0.2, 0) is 0 Å². The number of fused-ring (bicyclic) bond motifs is 8. The zero-order chi connectivity index (χ0) is 19.1. The van der Waals surface area contributed by atoms with E-state index >= 15 is 0 Å². The maximum absolute atomic E-state index is 14.8. The maximum Gasteiger partial charge on any atom is 0.108 e. The van der Waals surface area contributed by atoms with E-state index in [1.807, 2.05) is 0 Å². The van der Waals surface area contributed by atoms with Crippen LogP contribution in [0.2, 0.25) is 0 Å². The second kappa shape index (κ2) is 5.23. The van der Waals surface area contributed by atoms with E-state index < -0.39 is 6.17 Å². The van der Waals surface area contributed by atoms with Gasteiger partial charge < -0.3 is 0 Å². The van der Waals surface area contributed by atoms with Crippen LogP contribution < -0.4 is 0 Å². The van der Waals surface area contributed by atoms with Crippen LogP contribution in [0.15, 0.2) is 71.8 Å². The Bertz CT molecular complexity index is 1070. The van der Waals surface area contributed by atoms with Gasteiger partial charge in [-0.2, -0.15) is 0 Å². The van der Waals surface area contributed by atoms with E-state index in [0.717, 1.165) is 0 Å². The van der Waals surface area contributed by atoms with E-state index in [2.05, 4.69) is 86.7 Å². The van der Waals surface area contributed by atoms with Gasteiger partial charge >= 0.3 is 0 Å². The van der Waals surface area contributed by atoms with Crippen LogP contribution in [0.4, 0.5) is 4.39 Å². The van der Waals surface area contributed by atoms with Gasteiger partial charge in [-0.25, -0.2) is 4.39 Å². The lowest BCUT2D eigenvalue weighted by molar-refractivity contribution is 0.337. The van der Waals surface area contributed by atoms with Gasteiger partial charge in [0.15, 0.2) is 0 Å². The molecule has 0 aliphatic heterocycles. The Morgan fingerprint density at radius 1 is 0.714 bits per heavy atom. The Labute approximate surface area is 165 Å². The van der Waals surface area contributed by atoms with Gasteiger partial charge in [0.1, 0.15) is 6.17 Å². The van der Waals surface area contributed by atoms with Crippen molar-refractivity contribution in [2.45, 2.75) is 32.9 Å². The van der Waals surface area contributed by atoms with Crippen molar-refractivity contribution in [2.24, 2.45) is 10.8 Å². The molecule has 2 atom stereocenters. The Kier molecular flexibility index (Phi) is 3.04. The molecule has 138 valence electrons. The van der Waals surface area contributed by atoms with Crippen molar-refractivity contribution in [3.05, 3.63) is 94.1 Å². The average Bonchev–Trinajstić information content (AvgIpc) is 3.08. The van der Waals surface area contributed by atoms with E-state index in [-0.39, 0.29) is 10.8 Å². The number of rotatable bonds is 0. The molecule has 0 heterocycles. The molecule has 0 aromatic heterocycles. The number of alkyl halides is 1. The highest BCUT2D eigenvalue weighted by molar-refractivity contribution is 5.99. The standard InChI is InChI=1S/C27H23F/c1-26-13-11-17-7-3-5-9-20(17)24(26)22-15-19(28)16-23(22)25-21-10-6-4-8-18(21)12-14-27(25,26)2/h3-14,19H,15-16H2,1-2H3. The summed E-state index contributed by atoms with van der Waals surface area (Å²) in [4.78, 5) is 0. The normalized spacial score (nSPS) is 31.9. The summed E-state index contributed by atoms with van der Waals surface area (Å²) in [6.45, 7) is 4.70. The lowest BCUT2D eigenvalue weighted by Crippen LogP contribution is -2.42. The third-order valence-electron chi connectivity index (χ3n) is 7.59. The van der Waals surface area contributed by atoms with Crippen LogP contribution >= 0.6 is 0 Å². The minimum Gasteiger partial charge on any atom is -0.247 e. The Balaban J connectivity index is 1.77. The molecule has 0 spiro atoms. The summed E-state index contributed by atoms with van der Waals surface area (Å²) in [5.74, 6) is 0. The Hall–Kier alpha value is -2.67. The number of allylic oxidation sites excluding steroid dienone is 6. The molecule has 0 bridgehead atoms. The maximum atomic E-state index is 14.8. The van der Waals surface area contributed by atoms with Crippen LogP contribution in [0, 0.1) is 10.8 Å². The molecule has 0 radical (unpaired) electrons. The minimum atomic E-state index is -0.785. The third kappa shape index (κ3) is 1.80. The molecule has 2 aromatic rings. The summed E-state index contributed by atoms with van der Waals surface area (Å²) in [7, 11) is 0. The van der Waals surface area contributed by atoms with E-state index in [0.29, 0.717) is 12.8 Å². The summed E-state index contributed by atoms with van der Waals surface area (Å²) in [6.07, 6.45) is 9.57. The molecular formula is C27H23F. The number of benzene rings is 2. The molecule has 4 aliphatic carbocycles. The lowest BCUT2D eigenvalue weighted by Gasteiger charge is -2.53. The van der Waals surface area contributed by atoms with Crippen molar-refractivity contribution in [3.63, 3.8) is 0 Å². The molecule has 0 saturated heterocycles. The highest BCUT2D eigenvalue weighted by atomic mass is 19.1. The van der Waals surface area contributed by atoms with Gasteiger partial charge in [0.25, 0.3) is 0 Å². The van der Waals surface area contributed by atoms with Gasteiger partial charge in [0.2, 0.25) is 0 Å². The smallest absolute Gasteiger partial charge is 0.108 e. The van der Waals surface area contributed by atoms with Crippen molar-refractivity contribution >= 4 is 23.3 Å². The fourth-order valence-corrected chi connectivity index (χ4v) is 6.06.